The van der Waals surface area contributed by atoms with E-state index in [-0.39, 0.29) is 23.0 Å². The smallest absolute Gasteiger partial charge is 0.149 e. The number of hydrogen-bond acceptors (Lipinski definition) is 2. The van der Waals surface area contributed by atoms with E-state index in [4.69, 9.17) is 17.3 Å². The van der Waals surface area contributed by atoms with Gasteiger partial charge >= 0.3 is 0 Å². The minimum absolute atomic E-state index is 0. The van der Waals surface area contributed by atoms with Crippen molar-refractivity contribution in [2.45, 2.75) is 31.9 Å². The quantitative estimate of drug-likeness (QED) is 0.835. The summed E-state index contributed by atoms with van der Waals surface area (Å²) in [4.78, 5) is 0. The normalized spacial score (nSPS) is 14.0. The van der Waals surface area contributed by atoms with Crippen LogP contribution in [0.15, 0.2) is 12.1 Å². The fourth-order valence-electron chi connectivity index (χ4n) is 1.52. The highest BCUT2D eigenvalue weighted by Crippen LogP contribution is 2.27. The van der Waals surface area contributed by atoms with Crippen molar-refractivity contribution >= 4 is 24.0 Å². The molecule has 0 aliphatic rings. The van der Waals surface area contributed by atoms with E-state index >= 15 is 0 Å². The summed E-state index contributed by atoms with van der Waals surface area (Å²) in [5.41, 5.74) is 5.25. The zero-order valence-corrected chi connectivity index (χ0v) is 10.9. The first-order valence-electron chi connectivity index (χ1n) is 5.06. The van der Waals surface area contributed by atoms with Crippen LogP contribution < -0.4 is 5.73 Å². The molecule has 0 radical (unpaired) electrons. The highest BCUT2D eigenvalue weighted by Gasteiger charge is 2.24. The van der Waals surface area contributed by atoms with Crippen molar-refractivity contribution in [2.75, 3.05) is 0 Å². The molecule has 0 heterocycles. The van der Waals surface area contributed by atoms with Gasteiger partial charge in [-0.1, -0.05) is 24.9 Å². The van der Waals surface area contributed by atoms with Crippen LogP contribution in [0, 0.1) is 11.6 Å². The first-order chi connectivity index (χ1) is 7.49. The van der Waals surface area contributed by atoms with E-state index in [2.05, 4.69) is 0 Å². The first-order valence-corrected chi connectivity index (χ1v) is 5.43. The van der Waals surface area contributed by atoms with Crippen molar-refractivity contribution in [1.29, 1.82) is 0 Å². The van der Waals surface area contributed by atoms with Gasteiger partial charge in [0, 0.05) is 5.56 Å². The lowest BCUT2D eigenvalue weighted by Crippen LogP contribution is -2.28. The lowest BCUT2D eigenvalue weighted by Gasteiger charge is -2.20. The van der Waals surface area contributed by atoms with Gasteiger partial charge in [-0.05, 0) is 18.6 Å². The van der Waals surface area contributed by atoms with Crippen LogP contribution in [-0.4, -0.2) is 11.2 Å². The Hall–Kier alpha value is -0.420. The fourth-order valence-corrected chi connectivity index (χ4v) is 1.68. The third-order valence-electron chi connectivity index (χ3n) is 2.41. The monoisotopic (exact) mass is 285 g/mol. The molecule has 0 aliphatic carbocycles. The van der Waals surface area contributed by atoms with Gasteiger partial charge in [0.15, 0.2) is 0 Å². The maximum absolute atomic E-state index is 13.6. The Morgan fingerprint density at radius 3 is 2.53 bits per heavy atom. The Labute approximate surface area is 110 Å². The van der Waals surface area contributed by atoms with E-state index in [1.165, 1.54) is 0 Å². The Kier molecular flexibility index (Phi) is 6.94. The van der Waals surface area contributed by atoms with Crippen LogP contribution in [0.25, 0.3) is 0 Å². The molecule has 0 spiro atoms. The summed E-state index contributed by atoms with van der Waals surface area (Å²) in [5.74, 6) is -1.69. The van der Waals surface area contributed by atoms with Crippen LogP contribution >= 0.6 is 24.0 Å². The lowest BCUT2D eigenvalue weighted by atomic mass is 9.98. The maximum Gasteiger partial charge on any atom is 0.149 e. The molecule has 0 aromatic heterocycles. The second-order valence-electron chi connectivity index (χ2n) is 3.64. The van der Waals surface area contributed by atoms with E-state index in [0.29, 0.717) is 12.8 Å². The third-order valence-corrected chi connectivity index (χ3v) is 2.70. The predicted molar refractivity (Wildman–Crippen MR) is 66.5 cm³/mol. The van der Waals surface area contributed by atoms with Gasteiger partial charge in [-0.15, -0.1) is 12.4 Å². The van der Waals surface area contributed by atoms with Crippen LogP contribution in [-0.2, 0) is 0 Å². The van der Waals surface area contributed by atoms with Gasteiger partial charge in [-0.25, -0.2) is 8.78 Å². The zero-order chi connectivity index (χ0) is 12.3. The minimum atomic E-state index is -1.10. The van der Waals surface area contributed by atoms with Crippen LogP contribution in [0.2, 0.25) is 5.02 Å². The van der Waals surface area contributed by atoms with Gasteiger partial charge in [-0.2, -0.15) is 0 Å². The summed E-state index contributed by atoms with van der Waals surface area (Å²) >= 11 is 5.53. The van der Waals surface area contributed by atoms with Crippen LogP contribution in [0.5, 0.6) is 0 Å². The van der Waals surface area contributed by atoms with Gasteiger partial charge in [0.2, 0.25) is 0 Å². The second kappa shape index (κ2) is 7.11. The Morgan fingerprint density at radius 1 is 1.41 bits per heavy atom. The van der Waals surface area contributed by atoms with Gasteiger partial charge in [0.25, 0.3) is 0 Å². The van der Waals surface area contributed by atoms with Crippen molar-refractivity contribution in [3.8, 4) is 0 Å². The number of rotatable bonds is 4. The number of aliphatic hydroxyl groups excluding tert-OH is 1. The molecular weight excluding hydrogens is 271 g/mol. The summed E-state index contributed by atoms with van der Waals surface area (Å²) in [6.07, 6.45) is 0.0815. The molecule has 6 heteroatoms. The zero-order valence-electron chi connectivity index (χ0n) is 9.29. The first kappa shape index (κ1) is 16.6. The molecule has 1 aromatic rings. The number of aliphatic hydroxyl groups is 1. The van der Waals surface area contributed by atoms with Gasteiger partial charge in [-0.3, -0.25) is 0 Å². The molecule has 0 aliphatic heterocycles. The van der Waals surface area contributed by atoms with E-state index in [0.717, 1.165) is 12.1 Å². The molecule has 0 saturated carbocycles. The molecule has 3 N–H and O–H groups in total. The molecule has 0 amide bonds. The molecule has 0 unspecified atom stereocenters. The van der Waals surface area contributed by atoms with Crippen LogP contribution in [0.3, 0.4) is 0 Å². The maximum atomic E-state index is 13.6. The number of hydrogen-bond donors (Lipinski definition) is 2. The van der Waals surface area contributed by atoms with Crippen LogP contribution in [0.1, 0.15) is 31.4 Å². The average molecular weight is 286 g/mol. The van der Waals surface area contributed by atoms with Crippen molar-refractivity contribution in [2.24, 2.45) is 5.73 Å². The second-order valence-corrected chi connectivity index (χ2v) is 4.05. The van der Waals surface area contributed by atoms with E-state index in [9.17, 15) is 13.9 Å². The Balaban J connectivity index is 0.00000256. The molecule has 1 rings (SSSR count). The molecule has 0 fully saturated rings. The Bertz CT molecular complexity index is 377. The lowest BCUT2D eigenvalue weighted by molar-refractivity contribution is 0.131. The summed E-state index contributed by atoms with van der Waals surface area (Å²) in [7, 11) is 0. The van der Waals surface area contributed by atoms with Gasteiger partial charge in [0.1, 0.15) is 11.6 Å². The predicted octanol–water partition coefficient (Wildman–Crippen LogP) is 3.20. The molecular formula is C11H15Cl2F2NO. The van der Waals surface area contributed by atoms with E-state index < -0.39 is 23.8 Å². The van der Waals surface area contributed by atoms with E-state index in [1.807, 2.05) is 6.92 Å². The summed E-state index contributed by atoms with van der Waals surface area (Å²) in [5, 5.41) is 9.41. The fraction of sp³-hybridized carbons (Fsp3) is 0.455. The molecule has 0 saturated heterocycles. The molecule has 17 heavy (non-hydrogen) atoms. The third kappa shape index (κ3) is 3.78. The highest BCUT2D eigenvalue weighted by molar-refractivity contribution is 6.30. The minimum Gasteiger partial charge on any atom is -0.391 e. The van der Waals surface area contributed by atoms with Crippen LogP contribution in [0.4, 0.5) is 8.78 Å². The molecule has 2 nitrogen and oxygen atoms in total. The SMILES string of the molecule is CCC[C@H](O)[C@H](N)c1c(F)ccc(Cl)c1F.Cl. The van der Waals surface area contributed by atoms with Crippen molar-refractivity contribution in [3.63, 3.8) is 0 Å². The topological polar surface area (TPSA) is 46.2 Å². The number of benzene rings is 1. The summed E-state index contributed by atoms with van der Waals surface area (Å²) in [6.45, 7) is 1.85. The van der Waals surface area contributed by atoms with Gasteiger partial charge in [0.05, 0.1) is 17.2 Å². The van der Waals surface area contributed by atoms with Gasteiger partial charge < -0.3 is 10.8 Å². The number of nitrogens with two attached hydrogens (primary N) is 1. The number of halogens is 4. The molecule has 1 aromatic carbocycles. The molecule has 98 valence electrons. The van der Waals surface area contributed by atoms with E-state index in [1.54, 1.807) is 0 Å². The Morgan fingerprint density at radius 2 is 2.00 bits per heavy atom. The standard InChI is InChI=1S/C11H14ClF2NO.ClH/c1-2-3-8(16)11(15)9-7(13)5-4-6(12)10(9)14;/h4-5,8,11,16H,2-3,15H2,1H3;1H/t8-,11-;/m0./s1. The van der Waals surface area contributed by atoms with Crippen molar-refractivity contribution < 1.29 is 13.9 Å². The van der Waals surface area contributed by atoms with Crippen molar-refractivity contribution in [1.82, 2.24) is 0 Å². The summed E-state index contributed by atoms with van der Waals surface area (Å²) < 4.78 is 26.9. The van der Waals surface area contributed by atoms with Crippen molar-refractivity contribution in [3.05, 3.63) is 34.4 Å². The largest absolute Gasteiger partial charge is 0.391 e. The highest BCUT2D eigenvalue weighted by atomic mass is 35.5. The average Bonchev–Trinajstić information content (AvgIpc) is 2.24. The molecule has 2 atom stereocenters. The summed E-state index contributed by atoms with van der Waals surface area (Å²) in [6, 6.07) is 1.06. The molecule has 0 bridgehead atoms.